The van der Waals surface area contributed by atoms with Crippen molar-refractivity contribution in [2.24, 2.45) is 11.8 Å². The van der Waals surface area contributed by atoms with E-state index in [0.717, 1.165) is 54.7 Å². The topological polar surface area (TPSA) is 43.4 Å². The fourth-order valence-corrected chi connectivity index (χ4v) is 7.36. The van der Waals surface area contributed by atoms with Crippen molar-refractivity contribution in [2.45, 2.75) is 23.5 Å². The van der Waals surface area contributed by atoms with E-state index in [1.165, 1.54) is 40.9 Å². The molecule has 3 heterocycles. The van der Waals surface area contributed by atoms with Crippen LogP contribution in [0.25, 0.3) is 0 Å². The summed E-state index contributed by atoms with van der Waals surface area (Å²) in [6.45, 7) is 4.22. The fraction of sp³-hybridized carbons (Fsp3) is 0.312. The third kappa shape index (κ3) is 3.98. The Labute approximate surface area is 232 Å². The molecule has 0 aromatic heterocycles. The molecule has 1 saturated carbocycles. The van der Waals surface area contributed by atoms with Gasteiger partial charge in [-0.15, -0.1) is 4.31 Å². The second-order valence-electron chi connectivity index (χ2n) is 10.8. The molecule has 0 N–H and O–H groups in total. The number of nitrogens with zero attached hydrogens (tertiary/aromatic N) is 2. The summed E-state index contributed by atoms with van der Waals surface area (Å²) >= 11 is 1.19. The molecule has 1 saturated heterocycles. The normalized spacial score (nSPS) is 26.7. The molecule has 2 unspecified atom stereocenters. The molecule has 0 radical (unpaired) electrons. The van der Waals surface area contributed by atoms with Gasteiger partial charge in [-0.05, 0) is 48.9 Å². The van der Waals surface area contributed by atoms with Crippen molar-refractivity contribution in [2.75, 3.05) is 37.9 Å². The predicted octanol–water partition coefficient (Wildman–Crippen LogP) is 5.47. The minimum absolute atomic E-state index is 0.309. The molecule has 2 fully saturated rings. The number of piperazine rings is 1. The highest BCUT2D eigenvalue weighted by atomic mass is 32.2. The van der Waals surface area contributed by atoms with Crippen LogP contribution in [0.15, 0.2) is 95.4 Å². The first-order chi connectivity index (χ1) is 19.2. The molecule has 8 rings (SSSR count). The van der Waals surface area contributed by atoms with Gasteiger partial charge in [0.1, 0.15) is 0 Å². The van der Waals surface area contributed by atoms with Gasteiger partial charge in [-0.1, -0.05) is 48.6 Å². The maximum absolute atomic E-state index is 6.84. The van der Waals surface area contributed by atoms with Crippen LogP contribution < -0.4 is 23.8 Å². The number of hydrogen-bond acceptors (Lipinski definition) is 6. The molecular weight excluding hydrogens is 508 g/mol. The average Bonchev–Trinajstić information content (AvgIpc) is 3.59. The number of rotatable bonds is 5. The standard InChI is InChI=1S/C32H30N2O4S/c1-2-6-23(7-3-1)32(27-8-4-5-22-9-12-26(22)27)37-29-14-11-25(20-31(29)38-32)39-34-17-15-33(16-18-34)24-10-13-28-30(19-24)36-21-35-28/h1-8,10-11,13-14,19-20,22,26H,9,12,15-18,21H2/p+1/t22?,26-,32?/m1/s1. The van der Waals surface area contributed by atoms with Crippen LogP contribution in [0.4, 0.5) is 5.69 Å². The average molecular weight is 540 g/mol. The number of thiol groups is 1. The predicted molar refractivity (Wildman–Crippen MR) is 153 cm³/mol. The molecule has 3 aromatic rings. The molecule has 6 nitrogen and oxygen atoms in total. The smallest absolute Gasteiger partial charge is 0.302 e. The molecule has 3 aromatic carbocycles. The van der Waals surface area contributed by atoms with Crippen LogP contribution in [-0.4, -0.2) is 37.3 Å². The highest BCUT2D eigenvalue weighted by molar-refractivity contribution is 7.76. The molecule has 0 bridgehead atoms. The Balaban J connectivity index is 0.992. The van der Waals surface area contributed by atoms with E-state index in [-0.39, 0.29) is 0 Å². The lowest BCUT2D eigenvalue weighted by molar-refractivity contribution is -0.0661. The Kier molecular flexibility index (Phi) is 5.56. The van der Waals surface area contributed by atoms with Crippen LogP contribution in [0.1, 0.15) is 18.4 Å². The monoisotopic (exact) mass is 539 g/mol. The number of ether oxygens (including phenoxy) is 4. The number of anilines is 1. The van der Waals surface area contributed by atoms with Gasteiger partial charge in [0.25, 0.3) is 0 Å². The molecular formula is C32H31N2O4S+. The van der Waals surface area contributed by atoms with Gasteiger partial charge in [0.05, 0.1) is 25.0 Å². The summed E-state index contributed by atoms with van der Waals surface area (Å²) in [6, 6.07) is 23.1. The van der Waals surface area contributed by atoms with Crippen LogP contribution >= 0.6 is 0 Å². The zero-order valence-corrected chi connectivity index (χ0v) is 22.6. The van der Waals surface area contributed by atoms with Crippen molar-refractivity contribution in [1.82, 2.24) is 4.31 Å². The molecule has 3 aliphatic heterocycles. The van der Waals surface area contributed by atoms with E-state index in [4.69, 9.17) is 18.9 Å². The maximum atomic E-state index is 6.84. The van der Waals surface area contributed by atoms with E-state index in [9.17, 15) is 0 Å². The van der Waals surface area contributed by atoms with Gasteiger partial charge in [-0.25, -0.2) is 0 Å². The second-order valence-corrected chi connectivity index (χ2v) is 12.0. The van der Waals surface area contributed by atoms with Gasteiger partial charge < -0.3 is 23.8 Å². The molecule has 0 amide bonds. The first kappa shape index (κ1) is 23.3. The van der Waals surface area contributed by atoms with E-state index < -0.39 is 5.79 Å². The lowest BCUT2D eigenvalue weighted by Gasteiger charge is -2.44. The van der Waals surface area contributed by atoms with Crippen LogP contribution in [0.5, 0.6) is 23.0 Å². The lowest BCUT2D eigenvalue weighted by atomic mass is 9.65. The lowest BCUT2D eigenvalue weighted by Crippen LogP contribution is -2.45. The second kappa shape index (κ2) is 9.28. The van der Waals surface area contributed by atoms with Crippen LogP contribution in [-0.2, 0) is 17.7 Å². The SMILES string of the molecule is C1=CC2CC[C@H]2C(C2(c3ccccc3)Oc3ccc([SH+]N4CCN(c5ccc6c(c5)OCO6)CC4)cc3O2)=C1. The summed E-state index contributed by atoms with van der Waals surface area (Å²) in [5, 5.41) is 0. The van der Waals surface area contributed by atoms with Gasteiger partial charge in [0, 0.05) is 42.0 Å². The van der Waals surface area contributed by atoms with Gasteiger partial charge in [0.15, 0.2) is 27.9 Å². The van der Waals surface area contributed by atoms with E-state index in [1.54, 1.807) is 0 Å². The minimum atomic E-state index is -0.899. The summed E-state index contributed by atoms with van der Waals surface area (Å²) in [6.07, 6.45) is 9.16. The summed E-state index contributed by atoms with van der Waals surface area (Å²) in [7, 11) is 0. The van der Waals surface area contributed by atoms with Crippen molar-refractivity contribution >= 4 is 17.6 Å². The van der Waals surface area contributed by atoms with Gasteiger partial charge in [-0.2, -0.15) is 0 Å². The number of hydrogen-bond donors (Lipinski definition) is 0. The number of fused-ring (bicyclic) bond motifs is 3. The van der Waals surface area contributed by atoms with Crippen molar-refractivity contribution in [3.05, 3.63) is 96.1 Å². The first-order valence-electron chi connectivity index (χ1n) is 13.8. The van der Waals surface area contributed by atoms with Crippen molar-refractivity contribution < 1.29 is 18.9 Å². The van der Waals surface area contributed by atoms with Crippen LogP contribution in [0, 0.1) is 11.8 Å². The number of benzene rings is 3. The van der Waals surface area contributed by atoms with Gasteiger partial charge >= 0.3 is 5.79 Å². The third-order valence-electron chi connectivity index (χ3n) is 8.56. The molecule has 39 heavy (non-hydrogen) atoms. The van der Waals surface area contributed by atoms with E-state index >= 15 is 0 Å². The highest BCUT2D eigenvalue weighted by Crippen LogP contribution is 2.55. The molecule has 198 valence electrons. The summed E-state index contributed by atoms with van der Waals surface area (Å²) in [4.78, 5) is 3.64. The molecule has 3 atom stereocenters. The Morgan fingerprint density at radius 1 is 0.769 bits per heavy atom. The van der Waals surface area contributed by atoms with Crippen molar-refractivity contribution in [3.63, 3.8) is 0 Å². The zero-order valence-electron chi connectivity index (χ0n) is 21.7. The quantitative estimate of drug-likeness (QED) is 0.316. The van der Waals surface area contributed by atoms with E-state index in [2.05, 4.69) is 82.0 Å². The molecule has 5 aliphatic rings. The Bertz CT molecular complexity index is 1470. The molecule has 7 heteroatoms. The van der Waals surface area contributed by atoms with Crippen molar-refractivity contribution in [3.8, 4) is 23.0 Å². The maximum Gasteiger partial charge on any atom is 0.302 e. The van der Waals surface area contributed by atoms with Gasteiger partial charge in [0.2, 0.25) is 6.79 Å². The first-order valence-corrected chi connectivity index (χ1v) is 14.7. The van der Waals surface area contributed by atoms with Crippen LogP contribution in [0.2, 0.25) is 0 Å². The van der Waals surface area contributed by atoms with Gasteiger partial charge in [-0.3, -0.25) is 0 Å². The van der Waals surface area contributed by atoms with E-state index in [1.807, 2.05) is 12.1 Å². The Morgan fingerprint density at radius 3 is 2.44 bits per heavy atom. The van der Waals surface area contributed by atoms with Crippen LogP contribution in [0.3, 0.4) is 0 Å². The fourth-order valence-electron chi connectivity index (χ4n) is 6.33. The largest absolute Gasteiger partial charge is 0.454 e. The Hall–Kier alpha value is -3.55. The molecule has 0 spiro atoms. The third-order valence-corrected chi connectivity index (χ3v) is 9.76. The summed E-state index contributed by atoms with van der Waals surface area (Å²) in [5.74, 6) is 3.48. The Morgan fingerprint density at radius 2 is 1.59 bits per heavy atom. The summed E-state index contributed by atoms with van der Waals surface area (Å²) in [5.41, 5.74) is 3.48. The summed E-state index contributed by atoms with van der Waals surface area (Å²) < 4.78 is 27.1. The minimum Gasteiger partial charge on any atom is -0.454 e. The zero-order chi connectivity index (χ0) is 25.8. The van der Waals surface area contributed by atoms with Crippen molar-refractivity contribution in [1.29, 1.82) is 0 Å². The molecule has 2 aliphatic carbocycles. The van der Waals surface area contributed by atoms with E-state index in [0.29, 0.717) is 18.6 Å². The highest BCUT2D eigenvalue weighted by Gasteiger charge is 2.52. The number of allylic oxidation sites excluding steroid dienone is 3.